The molecule has 0 spiro atoms. The Morgan fingerprint density at radius 3 is 2.54 bits per heavy atom. The van der Waals surface area contributed by atoms with Gasteiger partial charge in [-0.2, -0.15) is 0 Å². The summed E-state index contributed by atoms with van der Waals surface area (Å²) in [5.74, 6) is 0.643. The van der Waals surface area contributed by atoms with Crippen LogP contribution in [0.25, 0.3) is 0 Å². The highest BCUT2D eigenvalue weighted by atomic mass is 79.9. The molecule has 4 nitrogen and oxygen atoms in total. The topological polar surface area (TPSA) is 42.8 Å². The van der Waals surface area contributed by atoms with Crippen molar-refractivity contribution in [3.8, 4) is 5.75 Å². The molecule has 0 atom stereocenters. The van der Waals surface area contributed by atoms with Gasteiger partial charge in [0.1, 0.15) is 12.3 Å². The molecule has 138 valence electrons. The molecule has 0 aliphatic carbocycles. The normalized spacial score (nSPS) is 14.8. The van der Waals surface area contributed by atoms with E-state index in [0.717, 1.165) is 16.8 Å². The number of likely N-dealkylation sites (tertiary alicyclic amines) is 1. The van der Waals surface area contributed by atoms with Crippen LogP contribution < -0.4 is 15.0 Å². The molecule has 1 fully saturated rings. The number of hydrogen-bond acceptors (Lipinski definition) is 2. The molecule has 0 radical (unpaired) electrons. The smallest absolute Gasteiger partial charge is 0.251 e. The molecule has 26 heavy (non-hydrogen) atoms. The van der Waals surface area contributed by atoms with Crippen molar-refractivity contribution >= 4 is 21.8 Å². The van der Waals surface area contributed by atoms with Crippen LogP contribution in [0.15, 0.2) is 46.9 Å². The predicted octanol–water partition coefficient (Wildman–Crippen LogP) is 2.96. The van der Waals surface area contributed by atoms with Crippen LogP contribution in [-0.4, -0.2) is 26.1 Å². The number of halogens is 1. The van der Waals surface area contributed by atoms with Crippen LogP contribution in [0.4, 0.5) is 0 Å². The Kier molecular flexibility index (Phi) is 6.69. The Hall–Kier alpha value is -1.85. The minimum Gasteiger partial charge on any atom is -0.496 e. The van der Waals surface area contributed by atoms with Gasteiger partial charge in [-0.25, -0.2) is 0 Å². The number of nitrogens with one attached hydrogen (secondary N) is 2. The molecule has 1 aliphatic heterocycles. The fourth-order valence-electron chi connectivity index (χ4n) is 3.49. The zero-order valence-electron chi connectivity index (χ0n) is 15.2. The van der Waals surface area contributed by atoms with Crippen molar-refractivity contribution in [2.24, 2.45) is 0 Å². The molecule has 0 bridgehead atoms. The Bertz CT molecular complexity index is 757. The van der Waals surface area contributed by atoms with Crippen molar-refractivity contribution in [2.75, 3.05) is 20.2 Å². The van der Waals surface area contributed by atoms with Crippen LogP contribution in [0, 0.1) is 0 Å². The SMILES string of the molecule is COc1ccc(C(=O)NCc2ccccc2C[NH+]2CCCCC2)cc1Br. The largest absolute Gasteiger partial charge is 0.496 e. The summed E-state index contributed by atoms with van der Waals surface area (Å²) in [6.45, 7) is 4.09. The lowest BCUT2D eigenvalue weighted by molar-refractivity contribution is -0.918. The second kappa shape index (κ2) is 9.19. The highest BCUT2D eigenvalue weighted by molar-refractivity contribution is 9.10. The van der Waals surface area contributed by atoms with Crippen LogP contribution in [0.5, 0.6) is 5.75 Å². The van der Waals surface area contributed by atoms with Crippen LogP contribution in [-0.2, 0) is 13.1 Å². The zero-order chi connectivity index (χ0) is 18.4. The molecule has 1 amide bonds. The van der Waals surface area contributed by atoms with Crippen LogP contribution >= 0.6 is 15.9 Å². The number of rotatable bonds is 6. The Morgan fingerprint density at radius 1 is 1.12 bits per heavy atom. The highest BCUT2D eigenvalue weighted by Crippen LogP contribution is 2.25. The summed E-state index contributed by atoms with van der Waals surface area (Å²) in [6.07, 6.45) is 4.00. The van der Waals surface area contributed by atoms with E-state index in [2.05, 4.69) is 39.4 Å². The summed E-state index contributed by atoms with van der Waals surface area (Å²) >= 11 is 3.43. The first kappa shape index (κ1) is 18.9. The quantitative estimate of drug-likeness (QED) is 0.758. The van der Waals surface area contributed by atoms with E-state index in [1.807, 2.05) is 6.07 Å². The number of ether oxygens (including phenoxy) is 1. The molecule has 1 saturated heterocycles. The first-order valence-electron chi connectivity index (χ1n) is 9.19. The maximum atomic E-state index is 12.5. The number of carbonyl (C=O) groups excluding carboxylic acids is 1. The lowest BCUT2D eigenvalue weighted by Gasteiger charge is -2.24. The molecular weight excluding hydrogens is 392 g/mol. The molecule has 0 unspecified atom stereocenters. The summed E-state index contributed by atoms with van der Waals surface area (Å²) in [4.78, 5) is 14.1. The van der Waals surface area contributed by atoms with E-state index in [4.69, 9.17) is 4.74 Å². The van der Waals surface area contributed by atoms with Gasteiger partial charge >= 0.3 is 0 Å². The zero-order valence-corrected chi connectivity index (χ0v) is 16.8. The summed E-state index contributed by atoms with van der Waals surface area (Å²) in [6, 6.07) is 13.8. The number of methoxy groups -OCH3 is 1. The van der Waals surface area contributed by atoms with Gasteiger partial charge in [0.15, 0.2) is 0 Å². The fourth-order valence-corrected chi connectivity index (χ4v) is 4.03. The van der Waals surface area contributed by atoms with Gasteiger partial charge in [-0.15, -0.1) is 0 Å². The third-order valence-electron chi connectivity index (χ3n) is 4.97. The number of piperidine rings is 1. The van der Waals surface area contributed by atoms with E-state index >= 15 is 0 Å². The molecule has 3 rings (SSSR count). The number of hydrogen-bond donors (Lipinski definition) is 2. The molecule has 1 heterocycles. The minimum atomic E-state index is -0.0755. The average Bonchev–Trinajstić information content (AvgIpc) is 2.68. The van der Waals surface area contributed by atoms with Crippen molar-refractivity contribution in [2.45, 2.75) is 32.4 Å². The van der Waals surface area contributed by atoms with Crippen molar-refractivity contribution in [3.05, 3.63) is 63.6 Å². The number of quaternary nitrogens is 1. The average molecular weight is 418 g/mol. The molecule has 2 aromatic rings. The monoisotopic (exact) mass is 417 g/mol. The molecular formula is C21H26BrN2O2+. The second-order valence-corrected chi connectivity index (χ2v) is 7.64. The first-order valence-corrected chi connectivity index (χ1v) is 9.99. The predicted molar refractivity (Wildman–Crippen MR) is 107 cm³/mol. The van der Waals surface area contributed by atoms with Crippen molar-refractivity contribution in [1.29, 1.82) is 0 Å². The van der Waals surface area contributed by atoms with Gasteiger partial charge in [-0.05, 0) is 59.0 Å². The minimum absolute atomic E-state index is 0.0755. The van der Waals surface area contributed by atoms with E-state index in [0.29, 0.717) is 12.1 Å². The molecule has 2 aromatic carbocycles. The lowest BCUT2D eigenvalue weighted by Crippen LogP contribution is -3.11. The summed E-state index contributed by atoms with van der Waals surface area (Å²) in [5, 5.41) is 3.05. The van der Waals surface area contributed by atoms with Crippen molar-refractivity contribution in [3.63, 3.8) is 0 Å². The highest BCUT2D eigenvalue weighted by Gasteiger charge is 2.16. The standard InChI is InChI=1S/C21H25BrN2O2/c1-26-20-10-9-16(13-19(20)22)21(25)23-14-17-7-3-4-8-18(17)15-24-11-5-2-6-12-24/h3-4,7-10,13H,2,5-6,11-12,14-15H2,1H3,(H,23,25)/p+1. The van der Waals surface area contributed by atoms with Gasteiger partial charge in [-0.3, -0.25) is 4.79 Å². The molecule has 1 aliphatic rings. The maximum absolute atomic E-state index is 12.5. The molecule has 2 N–H and O–H groups in total. The van der Waals surface area contributed by atoms with Gasteiger partial charge in [0.25, 0.3) is 5.91 Å². The second-order valence-electron chi connectivity index (χ2n) is 6.79. The Morgan fingerprint density at radius 2 is 1.85 bits per heavy atom. The van der Waals surface area contributed by atoms with Crippen LogP contribution in [0.3, 0.4) is 0 Å². The van der Waals surface area contributed by atoms with E-state index < -0.39 is 0 Å². The van der Waals surface area contributed by atoms with E-state index in [-0.39, 0.29) is 5.91 Å². The van der Waals surface area contributed by atoms with Crippen LogP contribution in [0.2, 0.25) is 0 Å². The third kappa shape index (κ3) is 4.86. The van der Waals surface area contributed by atoms with Crippen molar-refractivity contribution < 1.29 is 14.4 Å². The fraction of sp³-hybridized carbons (Fsp3) is 0.381. The summed E-state index contributed by atoms with van der Waals surface area (Å²) in [5.41, 5.74) is 3.16. The summed E-state index contributed by atoms with van der Waals surface area (Å²) in [7, 11) is 1.61. The summed E-state index contributed by atoms with van der Waals surface area (Å²) < 4.78 is 6.00. The molecule has 0 saturated carbocycles. The molecule has 5 heteroatoms. The number of benzene rings is 2. The van der Waals surface area contributed by atoms with E-state index in [1.165, 1.54) is 43.5 Å². The molecule has 0 aromatic heterocycles. The van der Waals surface area contributed by atoms with E-state index in [9.17, 15) is 4.79 Å². The van der Waals surface area contributed by atoms with Gasteiger partial charge < -0.3 is 15.0 Å². The first-order chi connectivity index (χ1) is 12.7. The third-order valence-corrected chi connectivity index (χ3v) is 5.59. The van der Waals surface area contributed by atoms with Gasteiger partial charge in [-0.1, -0.05) is 24.3 Å². The van der Waals surface area contributed by atoms with Gasteiger partial charge in [0, 0.05) is 17.7 Å². The lowest BCUT2D eigenvalue weighted by atomic mass is 10.0. The Balaban J connectivity index is 1.63. The van der Waals surface area contributed by atoms with Gasteiger partial charge in [0.05, 0.1) is 24.7 Å². The van der Waals surface area contributed by atoms with E-state index in [1.54, 1.807) is 30.2 Å². The van der Waals surface area contributed by atoms with Crippen molar-refractivity contribution in [1.82, 2.24) is 5.32 Å². The Labute approximate surface area is 163 Å². The maximum Gasteiger partial charge on any atom is 0.251 e. The van der Waals surface area contributed by atoms with Crippen LogP contribution in [0.1, 0.15) is 40.7 Å². The van der Waals surface area contributed by atoms with Gasteiger partial charge in [0.2, 0.25) is 0 Å². The number of amides is 1. The number of carbonyl (C=O) groups is 1.